The van der Waals surface area contributed by atoms with Crippen molar-refractivity contribution in [2.24, 2.45) is 5.92 Å². The number of benzene rings is 1. The van der Waals surface area contributed by atoms with Crippen molar-refractivity contribution < 1.29 is 14.2 Å². The second-order valence-corrected chi connectivity index (χ2v) is 6.90. The predicted octanol–water partition coefficient (Wildman–Crippen LogP) is 2.89. The van der Waals surface area contributed by atoms with E-state index in [1.807, 2.05) is 12.1 Å². The minimum atomic E-state index is -0.384. The topological polar surface area (TPSA) is 39.7 Å². The summed E-state index contributed by atoms with van der Waals surface area (Å²) in [7, 11) is 0. The quantitative estimate of drug-likeness (QED) is 0.932. The smallest absolute Gasteiger partial charge is 0.171 e. The second-order valence-electron chi connectivity index (χ2n) is 6.90. The Labute approximate surface area is 133 Å². The lowest BCUT2D eigenvalue weighted by molar-refractivity contribution is -0.301. The Morgan fingerprint density at radius 3 is 2.27 bits per heavy atom. The van der Waals surface area contributed by atoms with E-state index in [-0.39, 0.29) is 5.79 Å². The van der Waals surface area contributed by atoms with Gasteiger partial charge in [-0.15, -0.1) is 0 Å². The number of ether oxygens (including phenoxy) is 3. The van der Waals surface area contributed by atoms with Gasteiger partial charge in [0.25, 0.3) is 0 Å². The van der Waals surface area contributed by atoms with Crippen LogP contribution in [-0.2, 0) is 9.47 Å². The van der Waals surface area contributed by atoms with Gasteiger partial charge in [-0.2, -0.15) is 0 Å². The molecule has 4 heteroatoms. The van der Waals surface area contributed by atoms with Gasteiger partial charge in [0.15, 0.2) is 5.79 Å². The molecule has 2 saturated heterocycles. The molecule has 2 atom stereocenters. The molecule has 1 spiro atoms. The number of aryl methyl sites for hydroxylation is 1. The van der Waals surface area contributed by atoms with Crippen LogP contribution < -0.4 is 10.1 Å². The molecule has 122 valence electrons. The first kappa shape index (κ1) is 15.8. The highest BCUT2D eigenvalue weighted by molar-refractivity contribution is 5.26. The highest BCUT2D eigenvalue weighted by Gasteiger charge is 2.43. The van der Waals surface area contributed by atoms with Gasteiger partial charge in [0, 0.05) is 30.8 Å². The lowest BCUT2D eigenvalue weighted by Crippen LogP contribution is -2.57. The first-order valence-electron chi connectivity index (χ1n) is 8.28. The molecular formula is C18H27NO3. The molecular weight excluding hydrogens is 278 g/mol. The largest absolute Gasteiger partial charge is 0.493 e. The molecule has 2 unspecified atom stereocenters. The Balaban J connectivity index is 1.48. The Bertz CT molecular complexity index is 468. The van der Waals surface area contributed by atoms with E-state index in [1.165, 1.54) is 5.56 Å². The zero-order valence-corrected chi connectivity index (χ0v) is 13.8. The van der Waals surface area contributed by atoms with Crippen LogP contribution in [0, 0.1) is 12.8 Å². The molecule has 0 aliphatic carbocycles. The molecule has 0 saturated carbocycles. The summed E-state index contributed by atoms with van der Waals surface area (Å²) in [5.41, 5.74) is 1.24. The second kappa shape index (κ2) is 6.57. The molecule has 1 aromatic carbocycles. The summed E-state index contributed by atoms with van der Waals surface area (Å²) in [6.07, 6.45) is 1.84. The van der Waals surface area contributed by atoms with Crippen molar-refractivity contribution in [3.8, 4) is 5.75 Å². The zero-order valence-electron chi connectivity index (χ0n) is 13.8. The molecule has 2 aliphatic heterocycles. The number of nitrogens with one attached hydrogen (secondary N) is 1. The molecule has 1 N–H and O–H groups in total. The van der Waals surface area contributed by atoms with Gasteiger partial charge in [-0.1, -0.05) is 17.7 Å². The molecule has 0 aromatic heterocycles. The number of hydrogen-bond acceptors (Lipinski definition) is 4. The summed E-state index contributed by atoms with van der Waals surface area (Å²) in [5, 5.41) is 3.53. The highest BCUT2D eigenvalue weighted by atomic mass is 16.7. The van der Waals surface area contributed by atoms with Gasteiger partial charge in [-0.25, -0.2) is 0 Å². The first-order valence-corrected chi connectivity index (χ1v) is 8.28. The summed E-state index contributed by atoms with van der Waals surface area (Å²) in [4.78, 5) is 0. The van der Waals surface area contributed by atoms with E-state index in [2.05, 4.69) is 38.2 Å². The minimum Gasteiger partial charge on any atom is -0.493 e. The molecule has 0 amide bonds. The molecule has 2 heterocycles. The average Bonchev–Trinajstić information content (AvgIpc) is 2.47. The van der Waals surface area contributed by atoms with Crippen molar-refractivity contribution in [3.05, 3.63) is 29.8 Å². The number of hydrogen-bond donors (Lipinski definition) is 1. The zero-order chi connectivity index (χ0) is 15.6. The van der Waals surface area contributed by atoms with E-state index < -0.39 is 0 Å². The standard InChI is InChI=1S/C18H27NO3/c1-13-4-6-17(7-5-13)20-10-16-11-21-18(22-12-16)8-14(2)19-15(3)9-18/h4-7,14-16,19H,8-12H2,1-3H3. The van der Waals surface area contributed by atoms with E-state index in [4.69, 9.17) is 14.2 Å². The maximum absolute atomic E-state index is 6.13. The van der Waals surface area contributed by atoms with Crippen molar-refractivity contribution in [2.75, 3.05) is 19.8 Å². The Hall–Kier alpha value is -1.10. The summed E-state index contributed by atoms with van der Waals surface area (Å²) >= 11 is 0. The summed E-state index contributed by atoms with van der Waals surface area (Å²) in [6, 6.07) is 9.02. The number of rotatable bonds is 3. The normalized spacial score (nSPS) is 35.5. The van der Waals surface area contributed by atoms with Crippen LogP contribution in [0.25, 0.3) is 0 Å². The van der Waals surface area contributed by atoms with E-state index in [0.29, 0.717) is 37.8 Å². The minimum absolute atomic E-state index is 0.299. The average molecular weight is 305 g/mol. The highest BCUT2D eigenvalue weighted by Crippen LogP contribution is 2.34. The van der Waals surface area contributed by atoms with Crippen molar-refractivity contribution in [2.45, 2.75) is 51.5 Å². The summed E-state index contributed by atoms with van der Waals surface area (Å²) < 4.78 is 18.1. The molecule has 22 heavy (non-hydrogen) atoms. The van der Waals surface area contributed by atoms with Crippen LogP contribution in [0.15, 0.2) is 24.3 Å². The van der Waals surface area contributed by atoms with Gasteiger partial charge in [0.05, 0.1) is 19.8 Å². The van der Waals surface area contributed by atoms with Crippen LogP contribution in [-0.4, -0.2) is 37.7 Å². The first-order chi connectivity index (χ1) is 10.5. The van der Waals surface area contributed by atoms with E-state index in [0.717, 1.165) is 18.6 Å². The SMILES string of the molecule is Cc1ccc(OCC2COC3(CC(C)NC(C)C3)OC2)cc1. The van der Waals surface area contributed by atoms with Crippen molar-refractivity contribution in [1.29, 1.82) is 0 Å². The van der Waals surface area contributed by atoms with Gasteiger partial charge >= 0.3 is 0 Å². The molecule has 3 rings (SSSR count). The van der Waals surface area contributed by atoms with E-state index in [1.54, 1.807) is 0 Å². The lowest BCUT2D eigenvalue weighted by atomic mass is 9.92. The monoisotopic (exact) mass is 305 g/mol. The third-order valence-electron chi connectivity index (χ3n) is 4.47. The molecule has 0 radical (unpaired) electrons. The lowest BCUT2D eigenvalue weighted by Gasteiger charge is -2.46. The maximum Gasteiger partial charge on any atom is 0.171 e. The van der Waals surface area contributed by atoms with Gasteiger partial charge in [-0.05, 0) is 32.9 Å². The van der Waals surface area contributed by atoms with E-state index in [9.17, 15) is 0 Å². The fourth-order valence-electron chi connectivity index (χ4n) is 3.43. The van der Waals surface area contributed by atoms with Gasteiger partial charge in [0.2, 0.25) is 0 Å². The van der Waals surface area contributed by atoms with Gasteiger partial charge in [-0.3, -0.25) is 0 Å². The molecule has 1 aromatic rings. The van der Waals surface area contributed by atoms with Crippen LogP contribution in [0.5, 0.6) is 5.75 Å². The molecule has 2 aliphatic rings. The van der Waals surface area contributed by atoms with Gasteiger partial charge < -0.3 is 19.5 Å². The van der Waals surface area contributed by atoms with Crippen LogP contribution in [0.3, 0.4) is 0 Å². The summed E-state index contributed by atoms with van der Waals surface area (Å²) in [5.74, 6) is 0.826. The third-order valence-corrected chi connectivity index (χ3v) is 4.47. The van der Waals surface area contributed by atoms with Crippen LogP contribution in [0.4, 0.5) is 0 Å². The number of piperidine rings is 1. The maximum atomic E-state index is 6.13. The molecule has 4 nitrogen and oxygen atoms in total. The van der Waals surface area contributed by atoms with Crippen LogP contribution in [0.2, 0.25) is 0 Å². The molecule has 0 bridgehead atoms. The Kier molecular flexibility index (Phi) is 4.71. The van der Waals surface area contributed by atoms with Crippen molar-refractivity contribution >= 4 is 0 Å². The van der Waals surface area contributed by atoms with Crippen LogP contribution in [0.1, 0.15) is 32.3 Å². The fraction of sp³-hybridized carbons (Fsp3) is 0.667. The van der Waals surface area contributed by atoms with Gasteiger partial charge in [0.1, 0.15) is 5.75 Å². The summed E-state index contributed by atoms with van der Waals surface area (Å²) in [6.45, 7) is 8.53. The predicted molar refractivity (Wildman–Crippen MR) is 86.1 cm³/mol. The third kappa shape index (κ3) is 3.80. The Morgan fingerprint density at radius 2 is 1.68 bits per heavy atom. The Morgan fingerprint density at radius 1 is 1.09 bits per heavy atom. The van der Waals surface area contributed by atoms with Crippen molar-refractivity contribution in [1.82, 2.24) is 5.32 Å². The van der Waals surface area contributed by atoms with Crippen LogP contribution >= 0.6 is 0 Å². The fourth-order valence-corrected chi connectivity index (χ4v) is 3.43. The molecule has 2 fully saturated rings. The van der Waals surface area contributed by atoms with Crippen molar-refractivity contribution in [3.63, 3.8) is 0 Å². The van der Waals surface area contributed by atoms with E-state index >= 15 is 0 Å².